The average Bonchev–Trinajstić information content (AvgIpc) is 2.96. The van der Waals surface area contributed by atoms with E-state index < -0.39 is 0 Å². The average molecular weight is 250 g/mol. The maximum atomic E-state index is 6.54. The molecule has 3 heteroatoms. The Kier molecular flexibility index (Phi) is 1.75. The molecule has 18 heavy (non-hydrogen) atoms. The zero-order valence-electron chi connectivity index (χ0n) is 11.2. The van der Waals surface area contributed by atoms with Crippen LogP contribution in [-0.2, 0) is 14.2 Å². The van der Waals surface area contributed by atoms with Crippen molar-refractivity contribution in [3.8, 4) is 0 Å². The highest BCUT2D eigenvalue weighted by molar-refractivity contribution is 5.26. The Labute approximate surface area is 108 Å². The van der Waals surface area contributed by atoms with Crippen molar-refractivity contribution in [3.05, 3.63) is 0 Å². The van der Waals surface area contributed by atoms with Gasteiger partial charge in [0.15, 0.2) is 11.6 Å². The van der Waals surface area contributed by atoms with Gasteiger partial charge in [-0.3, -0.25) is 0 Å². The van der Waals surface area contributed by atoms with Crippen molar-refractivity contribution in [2.45, 2.75) is 44.7 Å². The summed E-state index contributed by atoms with van der Waals surface area (Å²) in [6, 6.07) is 0. The number of ether oxygens (including phenoxy) is 3. The molecular formula is C15H22O3. The van der Waals surface area contributed by atoms with E-state index in [1.54, 1.807) is 0 Å². The summed E-state index contributed by atoms with van der Waals surface area (Å²) in [5, 5.41) is 0. The molecule has 8 atom stereocenters. The lowest BCUT2D eigenvalue weighted by molar-refractivity contribution is -0.322. The molecule has 3 nitrogen and oxygen atoms in total. The van der Waals surface area contributed by atoms with Crippen LogP contribution in [0.25, 0.3) is 0 Å². The molecule has 100 valence electrons. The predicted octanol–water partition coefficient (Wildman–Crippen LogP) is 2.40. The van der Waals surface area contributed by atoms with Crippen molar-refractivity contribution in [1.82, 2.24) is 0 Å². The summed E-state index contributed by atoms with van der Waals surface area (Å²) in [6.07, 6.45) is 3.71. The molecule has 5 fully saturated rings. The Balaban J connectivity index is 1.65. The standard InChI is InChI=1S/C15H22O3/c1-3-16-14-6-10-8-5-9-11(10)7-15(18-14,17-4-2)13(9)12(8)14/h8-13H,3-7H2,1-2H3/t8-,9+,10-,11+,12+,13-,14+,15-. The molecule has 2 bridgehead atoms. The van der Waals surface area contributed by atoms with Gasteiger partial charge >= 0.3 is 0 Å². The Hall–Kier alpha value is -0.120. The summed E-state index contributed by atoms with van der Waals surface area (Å²) < 4.78 is 18.9. The monoisotopic (exact) mass is 250 g/mol. The fourth-order valence-electron chi connectivity index (χ4n) is 6.76. The van der Waals surface area contributed by atoms with E-state index in [0.29, 0.717) is 11.8 Å². The van der Waals surface area contributed by atoms with Gasteiger partial charge in [0.05, 0.1) is 0 Å². The van der Waals surface area contributed by atoms with Crippen molar-refractivity contribution in [3.63, 3.8) is 0 Å². The van der Waals surface area contributed by atoms with Crippen molar-refractivity contribution in [2.24, 2.45) is 35.5 Å². The van der Waals surface area contributed by atoms with Crippen LogP contribution < -0.4 is 0 Å². The summed E-state index contributed by atoms with van der Waals surface area (Å²) in [7, 11) is 0. The highest BCUT2D eigenvalue weighted by Gasteiger charge is 2.84. The number of fused-ring (bicyclic) bond motifs is 1. The topological polar surface area (TPSA) is 27.7 Å². The fraction of sp³-hybridized carbons (Fsp3) is 1.00. The largest absolute Gasteiger partial charge is 0.350 e. The first-order valence-corrected chi connectivity index (χ1v) is 7.73. The molecule has 1 saturated heterocycles. The van der Waals surface area contributed by atoms with Crippen LogP contribution in [0.15, 0.2) is 0 Å². The van der Waals surface area contributed by atoms with Crippen LogP contribution >= 0.6 is 0 Å². The highest BCUT2D eigenvalue weighted by Crippen LogP contribution is 2.81. The van der Waals surface area contributed by atoms with Crippen LogP contribution in [0.4, 0.5) is 0 Å². The van der Waals surface area contributed by atoms with Crippen molar-refractivity contribution in [1.29, 1.82) is 0 Å². The summed E-state index contributed by atoms with van der Waals surface area (Å²) in [5.41, 5.74) is 0. The van der Waals surface area contributed by atoms with E-state index in [0.717, 1.165) is 49.7 Å². The summed E-state index contributed by atoms with van der Waals surface area (Å²) in [6.45, 7) is 5.71. The summed E-state index contributed by atoms with van der Waals surface area (Å²) in [4.78, 5) is 0. The van der Waals surface area contributed by atoms with Crippen molar-refractivity contribution >= 4 is 0 Å². The maximum Gasteiger partial charge on any atom is 0.175 e. The fourth-order valence-corrected chi connectivity index (χ4v) is 6.76. The van der Waals surface area contributed by atoms with Gasteiger partial charge in [-0.2, -0.15) is 0 Å². The van der Waals surface area contributed by atoms with Crippen LogP contribution in [0.3, 0.4) is 0 Å². The molecule has 4 aliphatic carbocycles. The smallest absolute Gasteiger partial charge is 0.175 e. The molecular weight excluding hydrogens is 228 g/mol. The van der Waals surface area contributed by atoms with Crippen LogP contribution in [-0.4, -0.2) is 24.8 Å². The molecule has 0 N–H and O–H groups in total. The van der Waals surface area contributed by atoms with Gasteiger partial charge in [-0.1, -0.05) is 0 Å². The molecule has 0 aromatic rings. The van der Waals surface area contributed by atoms with Crippen LogP contribution in [0.1, 0.15) is 33.1 Å². The van der Waals surface area contributed by atoms with Crippen molar-refractivity contribution in [2.75, 3.05) is 13.2 Å². The molecule has 4 saturated carbocycles. The first-order valence-electron chi connectivity index (χ1n) is 7.73. The van der Waals surface area contributed by atoms with Gasteiger partial charge in [0.2, 0.25) is 0 Å². The molecule has 5 aliphatic rings. The van der Waals surface area contributed by atoms with Gasteiger partial charge in [0.1, 0.15) is 0 Å². The first-order chi connectivity index (χ1) is 8.75. The molecule has 0 aromatic heterocycles. The van der Waals surface area contributed by atoms with Gasteiger partial charge in [-0.15, -0.1) is 0 Å². The second-order valence-corrected chi connectivity index (χ2v) is 6.94. The lowest BCUT2D eigenvalue weighted by Crippen LogP contribution is -2.39. The Morgan fingerprint density at radius 2 is 1.39 bits per heavy atom. The summed E-state index contributed by atoms with van der Waals surface area (Å²) in [5.74, 6) is 4.21. The molecule has 0 aromatic carbocycles. The lowest BCUT2D eigenvalue weighted by atomic mass is 9.79. The van der Waals surface area contributed by atoms with E-state index in [9.17, 15) is 0 Å². The molecule has 0 unspecified atom stereocenters. The number of rotatable bonds is 4. The van der Waals surface area contributed by atoms with E-state index >= 15 is 0 Å². The van der Waals surface area contributed by atoms with E-state index in [1.165, 1.54) is 6.42 Å². The minimum Gasteiger partial charge on any atom is -0.350 e. The molecule has 0 radical (unpaired) electrons. The van der Waals surface area contributed by atoms with Gasteiger partial charge < -0.3 is 14.2 Å². The first kappa shape index (κ1) is 10.6. The van der Waals surface area contributed by atoms with E-state index in [4.69, 9.17) is 14.2 Å². The highest BCUT2D eigenvalue weighted by atomic mass is 16.8. The van der Waals surface area contributed by atoms with Gasteiger partial charge in [-0.05, 0) is 43.9 Å². The normalized spacial score (nSPS) is 65.7. The Bertz CT molecular complexity index is 371. The molecule has 1 heterocycles. The van der Waals surface area contributed by atoms with Gasteiger partial charge in [0, 0.05) is 37.9 Å². The second kappa shape index (κ2) is 2.97. The molecule has 0 amide bonds. The summed E-state index contributed by atoms with van der Waals surface area (Å²) >= 11 is 0. The van der Waals surface area contributed by atoms with Crippen LogP contribution in [0.2, 0.25) is 0 Å². The zero-order valence-corrected chi connectivity index (χ0v) is 11.2. The van der Waals surface area contributed by atoms with Gasteiger partial charge in [0.25, 0.3) is 0 Å². The van der Waals surface area contributed by atoms with E-state index in [-0.39, 0.29) is 11.6 Å². The Morgan fingerprint density at radius 1 is 0.889 bits per heavy atom. The van der Waals surface area contributed by atoms with Crippen LogP contribution in [0, 0.1) is 35.5 Å². The third kappa shape index (κ3) is 0.862. The molecule has 5 rings (SSSR count). The minimum atomic E-state index is -0.274. The van der Waals surface area contributed by atoms with Crippen molar-refractivity contribution < 1.29 is 14.2 Å². The third-order valence-electron chi connectivity index (χ3n) is 6.68. The molecule has 0 spiro atoms. The predicted molar refractivity (Wildman–Crippen MR) is 64.6 cm³/mol. The van der Waals surface area contributed by atoms with Crippen LogP contribution in [0.5, 0.6) is 0 Å². The quantitative estimate of drug-likeness (QED) is 0.767. The Morgan fingerprint density at radius 3 is 1.83 bits per heavy atom. The lowest BCUT2D eigenvalue weighted by Gasteiger charge is -2.32. The van der Waals surface area contributed by atoms with Gasteiger partial charge in [-0.25, -0.2) is 0 Å². The minimum absolute atomic E-state index is 0.274. The molecule has 1 aliphatic heterocycles. The third-order valence-corrected chi connectivity index (χ3v) is 6.68. The van der Waals surface area contributed by atoms with E-state index in [2.05, 4.69) is 13.8 Å². The second-order valence-electron chi connectivity index (χ2n) is 6.94. The number of hydrogen-bond donors (Lipinski definition) is 0. The zero-order chi connectivity index (χ0) is 12.1. The van der Waals surface area contributed by atoms with E-state index in [1.807, 2.05) is 0 Å². The maximum absolute atomic E-state index is 6.54. The number of hydrogen-bond acceptors (Lipinski definition) is 3. The SMILES string of the molecule is CCO[C@]12C[C@@H]3[C@@H]4C[C@](OCC)(O1)[C@H]1[C@@H]4C[C@@H]3[C@H]12.